The zero-order chi connectivity index (χ0) is 17.9. The molecule has 4 N–H and O–H groups in total. The number of aromatic hydroxyl groups is 2. The smallest absolute Gasteiger partial charge is 0.508 e. The molecule has 128 valence electrons. The fourth-order valence-corrected chi connectivity index (χ4v) is 2.83. The van der Waals surface area contributed by atoms with Gasteiger partial charge >= 0.3 is 7.82 Å². The molecule has 8 heteroatoms. The molecule has 0 saturated carbocycles. The summed E-state index contributed by atoms with van der Waals surface area (Å²) in [6.45, 7) is 1.38. The summed E-state index contributed by atoms with van der Waals surface area (Å²) >= 11 is 0. The normalized spacial score (nSPS) is 12.6. The maximum Gasteiger partial charge on any atom is 0.524 e. The van der Waals surface area contributed by atoms with E-state index in [1.54, 1.807) is 12.1 Å². The van der Waals surface area contributed by atoms with E-state index in [0.29, 0.717) is 5.56 Å². The Morgan fingerprint density at radius 2 is 1.79 bits per heavy atom. The van der Waals surface area contributed by atoms with Gasteiger partial charge in [-0.2, -0.15) is 0 Å². The van der Waals surface area contributed by atoms with Gasteiger partial charge in [0.25, 0.3) is 0 Å². The number of rotatable bonds is 6. The summed E-state index contributed by atoms with van der Waals surface area (Å²) in [5.41, 5.74) is 0.815. The number of ketones is 1. The summed E-state index contributed by atoms with van der Waals surface area (Å²) in [6, 6.07) is 9.91. The van der Waals surface area contributed by atoms with Crippen LogP contribution in [0.5, 0.6) is 17.2 Å². The number of Topliss-reactive ketones (excluding diaryl/α,β-unsaturated/α-hetero) is 1. The van der Waals surface area contributed by atoms with Crippen LogP contribution in [0.3, 0.4) is 0 Å². The average Bonchev–Trinajstić information content (AvgIpc) is 2.45. The summed E-state index contributed by atoms with van der Waals surface area (Å²) in [6.07, 6.45) is 0.0442. The molecule has 0 bridgehead atoms. The number of phenolic OH excluding ortho intramolecular Hbond substituents is 2. The molecule has 2 rings (SSSR count). The van der Waals surface area contributed by atoms with Crippen molar-refractivity contribution in [1.82, 2.24) is 0 Å². The van der Waals surface area contributed by atoms with Crippen LogP contribution in [0.1, 0.15) is 24.0 Å². The summed E-state index contributed by atoms with van der Waals surface area (Å²) in [7, 11) is -4.78. The Labute approximate surface area is 138 Å². The van der Waals surface area contributed by atoms with E-state index < -0.39 is 13.7 Å². The van der Waals surface area contributed by atoms with Crippen molar-refractivity contribution in [2.24, 2.45) is 0 Å². The number of phenols is 2. The highest BCUT2D eigenvalue weighted by molar-refractivity contribution is 7.46. The van der Waals surface area contributed by atoms with Gasteiger partial charge in [0, 0.05) is 5.92 Å². The molecule has 0 saturated heterocycles. The first-order chi connectivity index (χ1) is 11.2. The molecular weight excluding hydrogens is 335 g/mol. The van der Waals surface area contributed by atoms with Gasteiger partial charge in [-0.05, 0) is 54.8 Å². The third-order valence-corrected chi connectivity index (χ3v) is 3.88. The van der Waals surface area contributed by atoms with Crippen LogP contribution in [0.15, 0.2) is 42.5 Å². The van der Waals surface area contributed by atoms with E-state index in [0.717, 1.165) is 0 Å². The van der Waals surface area contributed by atoms with E-state index in [4.69, 9.17) is 9.79 Å². The highest BCUT2D eigenvalue weighted by atomic mass is 31.2. The van der Waals surface area contributed by atoms with Crippen LogP contribution >= 0.6 is 7.82 Å². The fraction of sp³-hybridized carbons (Fsp3) is 0.188. The lowest BCUT2D eigenvalue weighted by molar-refractivity contribution is -0.118. The van der Waals surface area contributed by atoms with E-state index in [2.05, 4.69) is 4.52 Å². The van der Waals surface area contributed by atoms with Crippen LogP contribution in [-0.2, 0) is 15.8 Å². The first-order valence-corrected chi connectivity index (χ1v) is 8.55. The summed E-state index contributed by atoms with van der Waals surface area (Å²) in [5.74, 6) is -1.11. The Morgan fingerprint density at radius 3 is 2.38 bits per heavy atom. The molecule has 24 heavy (non-hydrogen) atoms. The molecule has 0 radical (unpaired) electrons. The molecule has 0 heterocycles. The SMILES string of the molecule is CC(=O)C(Cc1cc(O)ccc1OP(=O)(O)O)c1cccc(O)c1. The lowest BCUT2D eigenvalue weighted by Crippen LogP contribution is -2.12. The average molecular weight is 352 g/mol. The molecule has 0 spiro atoms. The Kier molecular flexibility index (Phi) is 5.29. The van der Waals surface area contributed by atoms with Crippen molar-refractivity contribution in [2.75, 3.05) is 0 Å². The van der Waals surface area contributed by atoms with Crippen molar-refractivity contribution in [3.05, 3.63) is 53.6 Å². The summed E-state index contributed by atoms with van der Waals surface area (Å²) < 4.78 is 15.7. The molecule has 2 aromatic rings. The molecular formula is C16H17O7P. The van der Waals surface area contributed by atoms with Crippen molar-refractivity contribution in [1.29, 1.82) is 0 Å². The number of hydrogen-bond acceptors (Lipinski definition) is 5. The third kappa shape index (κ3) is 4.83. The lowest BCUT2D eigenvalue weighted by Gasteiger charge is -2.18. The van der Waals surface area contributed by atoms with Crippen molar-refractivity contribution in [3.63, 3.8) is 0 Å². The predicted octanol–water partition coefficient (Wildman–Crippen LogP) is 2.48. The molecule has 1 atom stereocenters. The van der Waals surface area contributed by atoms with Crippen LogP contribution in [0.25, 0.3) is 0 Å². The summed E-state index contributed by atoms with van der Waals surface area (Å²) in [5, 5.41) is 19.2. The second-order valence-electron chi connectivity index (χ2n) is 5.34. The number of carbonyl (C=O) groups is 1. The molecule has 7 nitrogen and oxygen atoms in total. The zero-order valence-corrected chi connectivity index (χ0v) is 13.7. The number of benzene rings is 2. The van der Waals surface area contributed by atoms with Gasteiger partial charge in [0.2, 0.25) is 0 Å². The van der Waals surface area contributed by atoms with Gasteiger partial charge in [0.05, 0.1) is 0 Å². The predicted molar refractivity (Wildman–Crippen MR) is 86.0 cm³/mol. The van der Waals surface area contributed by atoms with Crippen molar-refractivity contribution in [3.8, 4) is 17.2 Å². The van der Waals surface area contributed by atoms with Gasteiger partial charge < -0.3 is 14.7 Å². The third-order valence-electron chi connectivity index (χ3n) is 3.45. The van der Waals surface area contributed by atoms with Crippen LogP contribution in [0, 0.1) is 0 Å². The lowest BCUT2D eigenvalue weighted by atomic mass is 9.88. The van der Waals surface area contributed by atoms with Crippen molar-refractivity contribution in [2.45, 2.75) is 19.3 Å². The van der Waals surface area contributed by atoms with E-state index in [-0.39, 0.29) is 35.0 Å². The molecule has 0 aliphatic carbocycles. The van der Waals surface area contributed by atoms with Crippen LogP contribution in [-0.4, -0.2) is 25.8 Å². The first kappa shape index (κ1) is 18.0. The van der Waals surface area contributed by atoms with Crippen molar-refractivity contribution < 1.29 is 33.9 Å². The van der Waals surface area contributed by atoms with Gasteiger partial charge in [-0.15, -0.1) is 0 Å². The van der Waals surface area contributed by atoms with Gasteiger partial charge in [0.1, 0.15) is 23.0 Å². The zero-order valence-electron chi connectivity index (χ0n) is 12.8. The Balaban J connectivity index is 2.41. The van der Waals surface area contributed by atoms with Crippen LogP contribution in [0.4, 0.5) is 0 Å². The number of phosphoric ester groups is 1. The maximum atomic E-state index is 12.0. The quantitative estimate of drug-likeness (QED) is 0.589. The van der Waals surface area contributed by atoms with Gasteiger partial charge in [-0.1, -0.05) is 12.1 Å². The number of hydrogen-bond donors (Lipinski definition) is 4. The molecule has 0 fully saturated rings. The van der Waals surface area contributed by atoms with Crippen LogP contribution in [0.2, 0.25) is 0 Å². The number of phosphoric acid groups is 1. The molecule has 2 aromatic carbocycles. The highest BCUT2D eigenvalue weighted by Gasteiger charge is 2.23. The van der Waals surface area contributed by atoms with Crippen LogP contribution < -0.4 is 4.52 Å². The second-order valence-corrected chi connectivity index (χ2v) is 6.50. The Hall–Kier alpha value is -2.34. The van der Waals surface area contributed by atoms with E-state index in [9.17, 15) is 19.6 Å². The van der Waals surface area contributed by atoms with E-state index in [1.165, 1.54) is 37.3 Å². The molecule has 1 unspecified atom stereocenters. The largest absolute Gasteiger partial charge is 0.524 e. The second kappa shape index (κ2) is 7.05. The van der Waals surface area contributed by atoms with Gasteiger partial charge in [-0.25, -0.2) is 4.57 Å². The minimum atomic E-state index is -4.78. The Morgan fingerprint density at radius 1 is 1.12 bits per heavy atom. The highest BCUT2D eigenvalue weighted by Crippen LogP contribution is 2.41. The van der Waals surface area contributed by atoms with Gasteiger partial charge in [-0.3, -0.25) is 14.6 Å². The minimum absolute atomic E-state index is 0.00125. The summed E-state index contributed by atoms with van der Waals surface area (Å²) in [4.78, 5) is 30.0. The topological polar surface area (TPSA) is 124 Å². The standard InChI is InChI=1S/C16H17O7P/c1-10(17)15(11-3-2-4-13(18)7-11)9-12-8-14(19)5-6-16(12)23-24(20,21)22/h2-8,15,18-19H,9H2,1H3,(H2,20,21,22). The van der Waals surface area contributed by atoms with E-state index >= 15 is 0 Å². The maximum absolute atomic E-state index is 12.0. The number of carbonyl (C=O) groups excluding carboxylic acids is 1. The first-order valence-electron chi connectivity index (χ1n) is 7.02. The molecule has 0 amide bonds. The fourth-order valence-electron chi connectivity index (χ4n) is 2.40. The molecule has 0 aromatic heterocycles. The monoisotopic (exact) mass is 352 g/mol. The van der Waals surface area contributed by atoms with Gasteiger partial charge in [0.15, 0.2) is 0 Å². The molecule has 0 aliphatic rings. The van der Waals surface area contributed by atoms with Crippen molar-refractivity contribution >= 4 is 13.6 Å². The Bertz CT molecular complexity index is 797. The molecule has 0 aliphatic heterocycles. The minimum Gasteiger partial charge on any atom is -0.508 e. The van der Waals surface area contributed by atoms with E-state index in [1.807, 2.05) is 0 Å².